The molecule has 0 unspecified atom stereocenters. The molecule has 4 nitrogen and oxygen atoms in total. The first-order chi connectivity index (χ1) is 22.8. The van der Waals surface area contributed by atoms with Crippen LogP contribution in [0, 0.1) is 0 Å². The van der Waals surface area contributed by atoms with Gasteiger partial charge >= 0.3 is 0 Å². The normalized spacial score (nSPS) is 14.1. The number of nitrogens with zero attached hydrogens (tertiary/aromatic N) is 4. The molecule has 46 heavy (non-hydrogen) atoms. The molecule has 8 aromatic rings. The van der Waals surface area contributed by atoms with Crippen LogP contribution in [0.25, 0.3) is 27.6 Å². The van der Waals surface area contributed by atoms with E-state index in [4.69, 9.17) is 4.98 Å². The van der Waals surface area contributed by atoms with Gasteiger partial charge in [-0.3, -0.25) is 9.97 Å². The van der Waals surface area contributed by atoms with E-state index >= 15 is 0 Å². The maximum absolute atomic E-state index is 4.89. The molecule has 0 atom stereocenters. The van der Waals surface area contributed by atoms with Crippen LogP contribution in [0.3, 0.4) is 0 Å². The van der Waals surface area contributed by atoms with E-state index in [0.29, 0.717) is 0 Å². The predicted molar refractivity (Wildman–Crippen MR) is 187 cm³/mol. The summed E-state index contributed by atoms with van der Waals surface area (Å²) in [5, 5.41) is 1.11. The Morgan fingerprint density at radius 2 is 1.15 bits per heavy atom. The van der Waals surface area contributed by atoms with Gasteiger partial charge in [0.05, 0.1) is 45.2 Å². The molecule has 0 aliphatic carbocycles. The zero-order valence-electron chi connectivity index (χ0n) is 24.7. The van der Waals surface area contributed by atoms with Crippen LogP contribution in [0.4, 0.5) is 17.1 Å². The van der Waals surface area contributed by atoms with Crippen LogP contribution in [-0.2, 0) is 5.41 Å². The van der Waals surface area contributed by atoms with Crippen LogP contribution in [0.5, 0.6) is 0 Å². The number of hydrogen-bond donors (Lipinski definition) is 0. The number of aromatic nitrogens is 3. The Morgan fingerprint density at radius 3 is 1.83 bits per heavy atom. The van der Waals surface area contributed by atoms with E-state index < -0.39 is 5.41 Å². The molecule has 0 saturated carbocycles. The van der Waals surface area contributed by atoms with Crippen molar-refractivity contribution in [2.24, 2.45) is 0 Å². The van der Waals surface area contributed by atoms with Crippen LogP contribution in [0.1, 0.15) is 22.3 Å². The zero-order chi connectivity index (χ0) is 30.2. The lowest BCUT2D eigenvalue weighted by Gasteiger charge is -2.49. The average Bonchev–Trinajstić information content (AvgIpc) is 3.46. The summed E-state index contributed by atoms with van der Waals surface area (Å²) in [5.41, 5.74) is 12.4. The van der Waals surface area contributed by atoms with Crippen LogP contribution in [0.15, 0.2) is 168 Å². The number of anilines is 3. The fourth-order valence-corrected chi connectivity index (χ4v) is 9.02. The number of para-hydroxylation sites is 2. The van der Waals surface area contributed by atoms with Gasteiger partial charge in [-0.2, -0.15) is 0 Å². The highest BCUT2D eigenvalue weighted by Gasteiger charge is 2.50. The maximum atomic E-state index is 4.89. The highest BCUT2D eigenvalue weighted by Crippen LogP contribution is 2.62. The molecule has 0 saturated heterocycles. The zero-order valence-corrected chi connectivity index (χ0v) is 25.5. The second-order valence-electron chi connectivity index (χ2n) is 11.8. The highest BCUT2D eigenvalue weighted by molar-refractivity contribution is 7.99. The molecular formula is C41H26N4S. The molecule has 3 aromatic heterocycles. The molecule has 10 rings (SSSR count). The molecule has 0 bridgehead atoms. The van der Waals surface area contributed by atoms with E-state index in [9.17, 15) is 0 Å². The smallest absolute Gasteiger partial charge is 0.0964 e. The van der Waals surface area contributed by atoms with Crippen molar-refractivity contribution in [3.8, 4) is 5.69 Å². The van der Waals surface area contributed by atoms with E-state index in [0.717, 1.165) is 33.3 Å². The number of pyridine rings is 2. The standard InChI is InChI=1S/C41H26N4S/c1-5-16-35-30(12-1)41(32-14-3-7-19-38(32)46-39-20-8-4-15-33(39)41)31-13-2-6-17-36(31)44(35)27-21-22-34-29(25-27)40-37(18-10-24-43-40)45(34)28-11-9-23-42-26-28/h1-26H. The Labute approximate surface area is 270 Å². The van der Waals surface area contributed by atoms with Crippen molar-refractivity contribution in [1.82, 2.24) is 14.5 Å². The first-order valence-electron chi connectivity index (χ1n) is 15.5. The number of benzene rings is 5. The average molecular weight is 607 g/mol. The van der Waals surface area contributed by atoms with Gasteiger partial charge in [0.2, 0.25) is 0 Å². The Bertz CT molecular complexity index is 2390. The third kappa shape index (κ3) is 3.35. The summed E-state index contributed by atoms with van der Waals surface area (Å²) < 4.78 is 2.26. The Kier molecular flexibility index (Phi) is 5.39. The SMILES string of the molecule is c1cncc(-n2c3ccc(N4c5ccccc5C5(c6ccccc6Sc6ccccc65)c5ccccc54)cc3c3ncccc32)c1. The highest BCUT2D eigenvalue weighted by atomic mass is 32.2. The van der Waals surface area contributed by atoms with Gasteiger partial charge in [-0.05, 0) is 89.0 Å². The summed E-state index contributed by atoms with van der Waals surface area (Å²) in [7, 11) is 0. The van der Waals surface area contributed by atoms with Crippen molar-refractivity contribution in [2.45, 2.75) is 15.2 Å². The van der Waals surface area contributed by atoms with Gasteiger partial charge < -0.3 is 9.47 Å². The molecule has 0 fully saturated rings. The fraction of sp³-hybridized carbons (Fsp3) is 0.0244. The molecular weight excluding hydrogens is 581 g/mol. The lowest BCUT2D eigenvalue weighted by molar-refractivity contribution is 0.692. The van der Waals surface area contributed by atoms with Crippen molar-refractivity contribution >= 4 is 50.8 Å². The lowest BCUT2D eigenvalue weighted by Crippen LogP contribution is -2.39. The minimum absolute atomic E-state index is 0.454. The van der Waals surface area contributed by atoms with Crippen molar-refractivity contribution in [3.63, 3.8) is 0 Å². The molecule has 5 aromatic carbocycles. The summed E-state index contributed by atoms with van der Waals surface area (Å²) in [5.74, 6) is 0. The molecule has 0 N–H and O–H groups in total. The minimum Gasteiger partial charge on any atom is -0.310 e. The summed E-state index contributed by atoms with van der Waals surface area (Å²) in [6, 6.07) is 50.8. The molecule has 5 heterocycles. The van der Waals surface area contributed by atoms with Crippen LogP contribution in [0.2, 0.25) is 0 Å². The molecule has 5 heteroatoms. The second-order valence-corrected chi connectivity index (χ2v) is 12.9. The third-order valence-electron chi connectivity index (χ3n) is 9.57. The summed E-state index contributed by atoms with van der Waals surface area (Å²) in [4.78, 5) is 14.3. The fourth-order valence-electron chi connectivity index (χ4n) is 7.83. The Hall–Kier alpha value is -5.65. The number of rotatable bonds is 2. The molecule has 2 aliphatic rings. The lowest BCUT2D eigenvalue weighted by atomic mass is 9.62. The van der Waals surface area contributed by atoms with Crippen LogP contribution in [-0.4, -0.2) is 14.5 Å². The van der Waals surface area contributed by atoms with Gasteiger partial charge in [-0.1, -0.05) is 84.6 Å². The van der Waals surface area contributed by atoms with Gasteiger partial charge in [-0.25, -0.2) is 0 Å². The first kappa shape index (κ1) is 25.7. The molecule has 216 valence electrons. The minimum atomic E-state index is -0.454. The van der Waals surface area contributed by atoms with Crippen molar-refractivity contribution in [1.29, 1.82) is 0 Å². The largest absolute Gasteiger partial charge is 0.310 e. The topological polar surface area (TPSA) is 34.0 Å². The Morgan fingerprint density at radius 1 is 0.522 bits per heavy atom. The number of fused-ring (bicyclic) bond motifs is 11. The summed E-state index contributed by atoms with van der Waals surface area (Å²) in [6.45, 7) is 0. The summed E-state index contributed by atoms with van der Waals surface area (Å²) >= 11 is 1.87. The van der Waals surface area contributed by atoms with Gasteiger partial charge in [0.1, 0.15) is 0 Å². The van der Waals surface area contributed by atoms with E-state index in [2.05, 4.69) is 142 Å². The van der Waals surface area contributed by atoms with Crippen LogP contribution < -0.4 is 4.90 Å². The van der Waals surface area contributed by atoms with Gasteiger partial charge in [0.15, 0.2) is 0 Å². The second kappa shape index (κ2) is 9.67. The van der Waals surface area contributed by atoms with Crippen molar-refractivity contribution in [2.75, 3.05) is 4.90 Å². The van der Waals surface area contributed by atoms with Crippen molar-refractivity contribution in [3.05, 3.63) is 180 Å². The van der Waals surface area contributed by atoms with E-state index in [1.165, 1.54) is 43.4 Å². The van der Waals surface area contributed by atoms with Gasteiger partial charge in [0, 0.05) is 33.3 Å². The Balaban J connectivity index is 1.28. The first-order valence-corrected chi connectivity index (χ1v) is 16.3. The van der Waals surface area contributed by atoms with Gasteiger partial charge in [0.25, 0.3) is 0 Å². The monoisotopic (exact) mass is 606 g/mol. The summed E-state index contributed by atoms with van der Waals surface area (Å²) in [6.07, 6.45) is 5.61. The van der Waals surface area contributed by atoms with Crippen molar-refractivity contribution < 1.29 is 0 Å². The predicted octanol–water partition coefficient (Wildman–Crippen LogP) is 10.2. The molecule has 1 spiro atoms. The third-order valence-corrected chi connectivity index (χ3v) is 10.7. The van der Waals surface area contributed by atoms with Gasteiger partial charge in [-0.15, -0.1) is 0 Å². The maximum Gasteiger partial charge on any atom is 0.0964 e. The van der Waals surface area contributed by atoms with E-state index in [-0.39, 0.29) is 0 Å². The molecule has 0 amide bonds. The van der Waals surface area contributed by atoms with E-state index in [1.807, 2.05) is 42.5 Å². The molecule has 0 radical (unpaired) electrons. The quantitative estimate of drug-likeness (QED) is 0.196. The molecule has 2 aliphatic heterocycles. The van der Waals surface area contributed by atoms with Crippen LogP contribution >= 0.6 is 11.8 Å². The van der Waals surface area contributed by atoms with E-state index in [1.54, 1.807) is 0 Å². The number of hydrogen-bond acceptors (Lipinski definition) is 4.